The highest BCUT2D eigenvalue weighted by Crippen LogP contribution is 2.15. The predicted molar refractivity (Wildman–Crippen MR) is 334 cm³/mol. The van der Waals surface area contributed by atoms with Gasteiger partial charge in [-0.3, -0.25) is 9.59 Å². The molecule has 1 N–H and O–H groups in total. The predicted octanol–water partition coefficient (Wildman–Crippen LogP) is 21.8. The maximum atomic E-state index is 12.3. The molecular formula is C71H116O5. The Bertz CT molecular complexity index is 1610. The van der Waals surface area contributed by atoms with Crippen LogP contribution in [0.15, 0.2) is 146 Å². The number of carbonyl (C=O) groups is 2. The van der Waals surface area contributed by atoms with E-state index in [1.54, 1.807) is 0 Å². The van der Waals surface area contributed by atoms with E-state index in [9.17, 15) is 14.7 Å². The van der Waals surface area contributed by atoms with Gasteiger partial charge < -0.3 is 14.6 Å². The van der Waals surface area contributed by atoms with Crippen LogP contribution in [0.4, 0.5) is 0 Å². The lowest BCUT2D eigenvalue weighted by Crippen LogP contribution is -2.28. The molecule has 0 aliphatic carbocycles. The van der Waals surface area contributed by atoms with Crippen molar-refractivity contribution in [3.8, 4) is 0 Å². The largest absolute Gasteiger partial charge is 0.462 e. The molecule has 1 atom stereocenters. The molecule has 0 heterocycles. The molecule has 0 aromatic rings. The van der Waals surface area contributed by atoms with Crippen molar-refractivity contribution in [1.29, 1.82) is 0 Å². The summed E-state index contributed by atoms with van der Waals surface area (Å²) in [5, 5.41) is 9.67. The van der Waals surface area contributed by atoms with Crippen LogP contribution in [-0.4, -0.2) is 36.4 Å². The van der Waals surface area contributed by atoms with Gasteiger partial charge in [-0.1, -0.05) is 282 Å². The van der Waals surface area contributed by atoms with Crippen LogP contribution < -0.4 is 0 Å². The third-order valence-corrected chi connectivity index (χ3v) is 13.1. The van der Waals surface area contributed by atoms with E-state index in [1.165, 1.54) is 128 Å². The van der Waals surface area contributed by atoms with E-state index in [2.05, 4.69) is 160 Å². The van der Waals surface area contributed by atoms with Gasteiger partial charge in [0.15, 0.2) is 6.10 Å². The molecule has 5 heteroatoms. The highest BCUT2D eigenvalue weighted by Gasteiger charge is 2.16. The quantitative estimate of drug-likeness (QED) is 0.0373. The summed E-state index contributed by atoms with van der Waals surface area (Å²) in [6, 6.07) is 0. The summed E-state index contributed by atoms with van der Waals surface area (Å²) in [6.45, 7) is 4.01. The van der Waals surface area contributed by atoms with Gasteiger partial charge in [0.1, 0.15) is 6.61 Å². The van der Waals surface area contributed by atoms with Gasteiger partial charge in [0.2, 0.25) is 0 Å². The molecule has 0 aromatic carbocycles. The van der Waals surface area contributed by atoms with Crippen molar-refractivity contribution in [2.24, 2.45) is 0 Å². The van der Waals surface area contributed by atoms with Crippen LogP contribution in [0.2, 0.25) is 0 Å². The van der Waals surface area contributed by atoms with Crippen molar-refractivity contribution in [2.75, 3.05) is 13.2 Å². The van der Waals surface area contributed by atoms with Crippen molar-refractivity contribution in [2.45, 2.75) is 277 Å². The number of hydrogen-bond acceptors (Lipinski definition) is 5. The van der Waals surface area contributed by atoms with Gasteiger partial charge >= 0.3 is 11.9 Å². The van der Waals surface area contributed by atoms with Gasteiger partial charge in [0.25, 0.3) is 0 Å². The zero-order valence-electron chi connectivity index (χ0n) is 49.2. The van der Waals surface area contributed by atoms with E-state index in [0.717, 1.165) is 116 Å². The Morgan fingerprint density at radius 3 is 0.855 bits per heavy atom. The minimum atomic E-state index is -0.788. The second-order valence-corrected chi connectivity index (χ2v) is 20.4. The van der Waals surface area contributed by atoms with Crippen molar-refractivity contribution < 1.29 is 24.2 Å². The third kappa shape index (κ3) is 62.3. The summed E-state index contributed by atoms with van der Waals surface area (Å²) >= 11 is 0. The first-order valence-corrected chi connectivity index (χ1v) is 31.4. The number of esters is 2. The third-order valence-electron chi connectivity index (χ3n) is 13.1. The van der Waals surface area contributed by atoms with Crippen LogP contribution in [0.3, 0.4) is 0 Å². The molecular weight excluding hydrogens is 933 g/mol. The van der Waals surface area contributed by atoms with Crippen molar-refractivity contribution in [1.82, 2.24) is 0 Å². The number of aliphatic hydroxyl groups excluding tert-OH is 1. The lowest BCUT2D eigenvalue weighted by Gasteiger charge is -2.15. The maximum absolute atomic E-state index is 12.3. The van der Waals surface area contributed by atoms with Crippen LogP contribution in [-0.2, 0) is 19.1 Å². The Morgan fingerprint density at radius 1 is 0.316 bits per heavy atom. The highest BCUT2D eigenvalue weighted by atomic mass is 16.6. The summed E-state index contributed by atoms with van der Waals surface area (Å²) < 4.78 is 10.7. The number of hydrogen-bond donors (Lipinski definition) is 1. The first-order chi connectivity index (χ1) is 37.6. The van der Waals surface area contributed by atoms with Crippen molar-refractivity contribution in [3.63, 3.8) is 0 Å². The fraction of sp³-hybridized carbons (Fsp3) is 0.634. The van der Waals surface area contributed by atoms with E-state index < -0.39 is 6.10 Å². The topological polar surface area (TPSA) is 72.8 Å². The monoisotopic (exact) mass is 1050 g/mol. The summed E-state index contributed by atoms with van der Waals surface area (Å²) in [5.41, 5.74) is 0. The molecule has 0 bridgehead atoms. The van der Waals surface area contributed by atoms with Gasteiger partial charge in [-0.2, -0.15) is 0 Å². The molecule has 0 rings (SSSR count). The molecule has 0 saturated carbocycles. The Balaban J connectivity index is 3.56. The van der Waals surface area contributed by atoms with Gasteiger partial charge in [-0.05, 0) is 122 Å². The lowest BCUT2D eigenvalue weighted by molar-refractivity contribution is -0.161. The molecule has 0 fully saturated rings. The molecule has 0 aliphatic rings. The number of carbonyl (C=O) groups excluding carboxylic acids is 2. The van der Waals surface area contributed by atoms with Crippen LogP contribution in [0, 0.1) is 0 Å². The molecule has 0 amide bonds. The average molecular weight is 1050 g/mol. The summed E-state index contributed by atoms with van der Waals surface area (Å²) in [5.74, 6) is -0.609. The van der Waals surface area contributed by atoms with Gasteiger partial charge in [-0.15, -0.1) is 0 Å². The second kappa shape index (κ2) is 65.1. The van der Waals surface area contributed by atoms with Gasteiger partial charge in [0, 0.05) is 12.8 Å². The number of aliphatic hydroxyl groups is 1. The first-order valence-electron chi connectivity index (χ1n) is 31.4. The van der Waals surface area contributed by atoms with Crippen LogP contribution in [0.25, 0.3) is 0 Å². The lowest BCUT2D eigenvalue weighted by atomic mass is 10.0. The molecule has 0 aromatic heterocycles. The second-order valence-electron chi connectivity index (χ2n) is 20.4. The molecule has 0 spiro atoms. The standard InChI is InChI=1S/C71H116O5/c1-3-5-7-9-11-13-15-17-19-21-23-25-26-27-28-29-30-31-32-33-34-35-36-37-38-39-40-41-42-43-44-46-48-50-52-54-56-58-60-62-64-66-71(74)76-69(67-72)68-75-70(73)65-63-61-59-57-55-53-51-49-47-45-24-22-20-18-16-14-12-10-8-6-4-2/h5,7,11,13,16-19,22-25,27-28,30-31,33-34,36-37,39-40,47,49,69,72H,3-4,6,8-10,12,14-15,20-21,26,29,32,35,38,41-46,48,50-68H2,1-2H3/b7-5-,13-11-,18-16-,19-17-,24-22-,25-23-,28-27-,31-30-,34-33-,37-36-,40-39-,49-47-. The number of rotatable bonds is 56. The van der Waals surface area contributed by atoms with Gasteiger partial charge in [0.05, 0.1) is 6.61 Å². The SMILES string of the molecule is CC/C=C\C/C=C\C/C=C\C/C=C\C/C=C\C/C=C\C/C=C\C/C=C\C/C=C\CCCCCCCCCCCCCCCC(=O)OC(CO)COC(=O)CCCCCCCC/C=C\C/C=C\C/C=C\CCCCCCC. The zero-order chi connectivity index (χ0) is 54.8. The van der Waals surface area contributed by atoms with E-state index in [4.69, 9.17) is 9.47 Å². The van der Waals surface area contributed by atoms with Crippen LogP contribution >= 0.6 is 0 Å². The fourth-order valence-electron chi connectivity index (χ4n) is 8.44. The normalized spacial score (nSPS) is 13.2. The number of unbranched alkanes of at least 4 members (excludes halogenated alkanes) is 24. The van der Waals surface area contributed by atoms with E-state index in [-0.39, 0.29) is 25.2 Å². The summed E-state index contributed by atoms with van der Waals surface area (Å²) in [7, 11) is 0. The highest BCUT2D eigenvalue weighted by molar-refractivity contribution is 5.70. The average Bonchev–Trinajstić information content (AvgIpc) is 3.42. The van der Waals surface area contributed by atoms with E-state index in [0.29, 0.717) is 12.8 Å². The molecule has 1 unspecified atom stereocenters. The number of allylic oxidation sites excluding steroid dienone is 24. The first kappa shape index (κ1) is 71.8. The Morgan fingerprint density at radius 2 is 0.566 bits per heavy atom. The van der Waals surface area contributed by atoms with E-state index >= 15 is 0 Å². The number of ether oxygens (including phenoxy) is 2. The van der Waals surface area contributed by atoms with Crippen LogP contribution in [0.5, 0.6) is 0 Å². The molecule has 76 heavy (non-hydrogen) atoms. The summed E-state index contributed by atoms with van der Waals surface area (Å²) in [4.78, 5) is 24.6. The Kier molecular flexibility index (Phi) is 61.5. The molecule has 0 radical (unpaired) electrons. The molecule has 0 saturated heterocycles. The smallest absolute Gasteiger partial charge is 0.306 e. The van der Waals surface area contributed by atoms with E-state index in [1.807, 2.05) is 0 Å². The Hall–Kier alpha value is -4.22. The Labute approximate surface area is 469 Å². The van der Waals surface area contributed by atoms with Crippen molar-refractivity contribution in [3.05, 3.63) is 146 Å². The van der Waals surface area contributed by atoms with Crippen molar-refractivity contribution >= 4 is 11.9 Å². The fourth-order valence-corrected chi connectivity index (χ4v) is 8.44. The van der Waals surface area contributed by atoms with Gasteiger partial charge in [-0.25, -0.2) is 0 Å². The minimum absolute atomic E-state index is 0.0793. The minimum Gasteiger partial charge on any atom is -0.462 e. The van der Waals surface area contributed by atoms with Crippen LogP contribution in [0.1, 0.15) is 271 Å². The maximum Gasteiger partial charge on any atom is 0.306 e. The molecule has 0 aliphatic heterocycles. The molecule has 5 nitrogen and oxygen atoms in total. The zero-order valence-corrected chi connectivity index (χ0v) is 49.2. The summed E-state index contributed by atoms with van der Waals surface area (Å²) in [6.07, 6.45) is 98.3. The molecule has 430 valence electrons.